The molecule has 3 aliphatic rings. The van der Waals surface area contributed by atoms with Gasteiger partial charge in [0.2, 0.25) is 5.91 Å². The summed E-state index contributed by atoms with van der Waals surface area (Å²) in [5.74, 6) is -3.73. The normalized spacial score (nSPS) is 35.3. The van der Waals surface area contributed by atoms with E-state index in [2.05, 4.69) is 0 Å². The van der Waals surface area contributed by atoms with E-state index in [0.717, 1.165) is 0 Å². The van der Waals surface area contributed by atoms with Crippen LogP contribution in [0.2, 0.25) is 5.02 Å². The predicted molar refractivity (Wildman–Crippen MR) is 75.1 cm³/mol. The molecular weight excluding hydrogens is 313 g/mol. The summed E-state index contributed by atoms with van der Waals surface area (Å²) in [5, 5.41) is 9.34. The highest BCUT2D eigenvalue weighted by Crippen LogP contribution is 2.52. The monoisotopic (exact) mass is 323 g/mol. The first kappa shape index (κ1) is 13.7. The zero-order valence-electron chi connectivity index (χ0n) is 11.2. The first-order valence-corrected chi connectivity index (χ1v) is 7.17. The first-order chi connectivity index (χ1) is 10.4. The van der Waals surface area contributed by atoms with Gasteiger partial charge in [-0.15, -0.1) is 0 Å². The van der Waals surface area contributed by atoms with Crippen LogP contribution in [0.1, 0.15) is 0 Å². The Bertz CT molecular complexity index is 736. The number of carboxylic acids is 1. The maximum Gasteiger partial charge on any atom is 0.310 e. The van der Waals surface area contributed by atoms with Crippen molar-refractivity contribution in [1.29, 1.82) is 0 Å². The van der Waals surface area contributed by atoms with Gasteiger partial charge in [-0.2, -0.15) is 0 Å². The van der Waals surface area contributed by atoms with Gasteiger partial charge in [-0.25, -0.2) is 4.39 Å². The van der Waals surface area contributed by atoms with Gasteiger partial charge in [0.1, 0.15) is 17.3 Å². The summed E-state index contributed by atoms with van der Waals surface area (Å²) < 4.78 is 19.4. The van der Waals surface area contributed by atoms with Gasteiger partial charge in [-0.3, -0.25) is 9.59 Å². The van der Waals surface area contributed by atoms with Crippen LogP contribution >= 0.6 is 11.6 Å². The number of nitrogens with zero attached hydrogens (tertiary/aromatic N) is 1. The molecular formula is C15H11ClFNO4. The lowest BCUT2D eigenvalue weighted by molar-refractivity contribution is -0.146. The second kappa shape index (κ2) is 4.30. The van der Waals surface area contributed by atoms with Gasteiger partial charge in [-0.05, 0) is 18.2 Å². The molecule has 4 rings (SSSR count). The molecule has 5 nitrogen and oxygen atoms in total. The van der Waals surface area contributed by atoms with E-state index in [1.54, 1.807) is 12.2 Å². The molecule has 0 saturated carbocycles. The van der Waals surface area contributed by atoms with E-state index in [9.17, 15) is 19.1 Å². The number of hydrogen-bond donors (Lipinski definition) is 1. The second-order valence-electron chi connectivity index (χ2n) is 5.76. The van der Waals surface area contributed by atoms with Crippen LogP contribution in [0.25, 0.3) is 0 Å². The summed E-state index contributed by atoms with van der Waals surface area (Å²) in [5.41, 5.74) is -0.582. The largest absolute Gasteiger partial charge is 0.481 e. The summed E-state index contributed by atoms with van der Waals surface area (Å²) >= 11 is 5.65. The molecule has 0 radical (unpaired) electrons. The van der Waals surface area contributed by atoms with E-state index >= 15 is 0 Å². The third-order valence-corrected chi connectivity index (χ3v) is 4.91. The molecule has 3 aliphatic heterocycles. The Kier molecular flexibility index (Phi) is 2.68. The maximum absolute atomic E-state index is 13.6. The first-order valence-electron chi connectivity index (χ1n) is 6.79. The quantitative estimate of drug-likeness (QED) is 0.844. The van der Waals surface area contributed by atoms with Gasteiger partial charge in [0.15, 0.2) is 0 Å². The molecule has 1 N–H and O–H groups in total. The fourth-order valence-corrected chi connectivity index (χ4v) is 3.77. The molecule has 2 bridgehead atoms. The minimum absolute atomic E-state index is 0.0331. The van der Waals surface area contributed by atoms with E-state index in [1.165, 1.54) is 23.1 Å². The highest BCUT2D eigenvalue weighted by atomic mass is 35.5. The molecule has 114 valence electrons. The molecule has 1 spiro atoms. The smallest absolute Gasteiger partial charge is 0.310 e. The van der Waals surface area contributed by atoms with Gasteiger partial charge in [0.05, 0.1) is 23.6 Å². The number of benzene rings is 1. The van der Waals surface area contributed by atoms with Crippen molar-refractivity contribution in [2.45, 2.75) is 11.7 Å². The van der Waals surface area contributed by atoms with Gasteiger partial charge in [-0.1, -0.05) is 23.8 Å². The Hall–Kier alpha value is -1.92. The number of rotatable bonds is 2. The van der Waals surface area contributed by atoms with Crippen molar-refractivity contribution in [2.24, 2.45) is 11.8 Å². The lowest BCUT2D eigenvalue weighted by Gasteiger charge is -2.21. The van der Waals surface area contributed by atoms with Crippen LogP contribution in [0.3, 0.4) is 0 Å². The zero-order valence-corrected chi connectivity index (χ0v) is 12.0. The Morgan fingerprint density at radius 2 is 2.27 bits per heavy atom. The van der Waals surface area contributed by atoms with Crippen molar-refractivity contribution in [1.82, 2.24) is 0 Å². The molecule has 7 heteroatoms. The van der Waals surface area contributed by atoms with Gasteiger partial charge >= 0.3 is 5.97 Å². The van der Waals surface area contributed by atoms with Crippen LogP contribution < -0.4 is 4.90 Å². The van der Waals surface area contributed by atoms with Gasteiger partial charge < -0.3 is 14.7 Å². The minimum atomic E-state index is -1.06. The van der Waals surface area contributed by atoms with Crippen molar-refractivity contribution in [3.8, 4) is 0 Å². The topological polar surface area (TPSA) is 66.8 Å². The van der Waals surface area contributed by atoms with Crippen molar-refractivity contribution in [2.75, 3.05) is 11.4 Å². The fraction of sp³-hybridized carbons (Fsp3) is 0.333. The predicted octanol–water partition coefficient (Wildman–Crippen LogP) is 1.85. The Balaban J connectivity index is 1.74. The number of hydrogen-bond acceptors (Lipinski definition) is 3. The molecule has 2 fully saturated rings. The number of halogens is 2. The Morgan fingerprint density at radius 1 is 1.50 bits per heavy atom. The van der Waals surface area contributed by atoms with E-state index in [-0.39, 0.29) is 17.5 Å². The number of carbonyl (C=O) groups is 2. The van der Waals surface area contributed by atoms with E-state index in [1.807, 2.05) is 0 Å². The fourth-order valence-electron chi connectivity index (χ4n) is 3.65. The second-order valence-corrected chi connectivity index (χ2v) is 6.17. The Labute approximate surface area is 129 Å². The lowest BCUT2D eigenvalue weighted by atomic mass is 9.77. The Morgan fingerprint density at radius 3 is 2.95 bits per heavy atom. The van der Waals surface area contributed by atoms with E-state index < -0.39 is 35.3 Å². The standard InChI is InChI=1S/C15H11ClFNO4/c16-8-2-1-7(5-9(8)17)18-6-15-4-3-10(22-15)11(14(20)21)12(15)13(18)19/h1-5,10-12H,6H2,(H,20,21)/t10-,11+,12-,15-/m1/s1. The summed E-state index contributed by atoms with van der Waals surface area (Å²) in [4.78, 5) is 25.5. The highest BCUT2D eigenvalue weighted by Gasteiger charge is 2.67. The van der Waals surface area contributed by atoms with Crippen molar-refractivity contribution >= 4 is 29.2 Å². The van der Waals surface area contributed by atoms with Crippen LogP contribution in [0.4, 0.5) is 10.1 Å². The molecule has 22 heavy (non-hydrogen) atoms. The molecule has 0 aromatic heterocycles. The number of fused-ring (bicyclic) bond motifs is 1. The summed E-state index contributed by atoms with van der Waals surface area (Å²) in [6.45, 7) is 0.175. The number of anilines is 1. The molecule has 3 heterocycles. The summed E-state index contributed by atoms with van der Waals surface area (Å²) in [6, 6.07) is 4.07. The molecule has 0 aliphatic carbocycles. The van der Waals surface area contributed by atoms with Crippen molar-refractivity contribution in [3.05, 3.63) is 41.2 Å². The van der Waals surface area contributed by atoms with Crippen LogP contribution in [0.15, 0.2) is 30.4 Å². The molecule has 1 aromatic carbocycles. The molecule has 1 amide bonds. The van der Waals surface area contributed by atoms with E-state index in [0.29, 0.717) is 5.69 Å². The third kappa shape index (κ3) is 1.62. The molecule has 1 aromatic rings. The lowest BCUT2D eigenvalue weighted by Crippen LogP contribution is -2.39. The van der Waals surface area contributed by atoms with Crippen molar-refractivity contribution in [3.63, 3.8) is 0 Å². The molecule has 2 saturated heterocycles. The van der Waals surface area contributed by atoms with Gasteiger partial charge in [0, 0.05) is 5.69 Å². The number of ether oxygens (including phenoxy) is 1. The molecule has 4 atom stereocenters. The van der Waals surface area contributed by atoms with Crippen LogP contribution in [-0.4, -0.2) is 35.2 Å². The summed E-state index contributed by atoms with van der Waals surface area (Å²) in [6.07, 6.45) is 2.87. The van der Waals surface area contributed by atoms with Crippen LogP contribution in [0, 0.1) is 17.7 Å². The molecule has 0 unspecified atom stereocenters. The maximum atomic E-state index is 13.6. The van der Waals surface area contributed by atoms with E-state index in [4.69, 9.17) is 16.3 Å². The van der Waals surface area contributed by atoms with Crippen molar-refractivity contribution < 1.29 is 23.8 Å². The highest BCUT2D eigenvalue weighted by molar-refractivity contribution is 6.30. The average Bonchev–Trinajstić information content (AvgIpc) is 3.10. The number of amides is 1. The number of aliphatic carboxylic acids is 1. The third-order valence-electron chi connectivity index (χ3n) is 4.60. The van der Waals surface area contributed by atoms with Gasteiger partial charge in [0.25, 0.3) is 0 Å². The van der Waals surface area contributed by atoms with Crippen LogP contribution in [-0.2, 0) is 14.3 Å². The SMILES string of the molecule is O=C(O)[C@H]1[C@H]2C=C[C@]3(CN(c4ccc(Cl)c(F)c4)C(=O)[C@@H]13)O2. The zero-order chi connectivity index (χ0) is 15.6. The number of carboxylic acid groups (broad SMARTS) is 1. The minimum Gasteiger partial charge on any atom is -0.481 e. The number of carbonyl (C=O) groups excluding carboxylic acids is 1. The summed E-state index contributed by atoms with van der Waals surface area (Å²) in [7, 11) is 0. The average molecular weight is 324 g/mol. The van der Waals surface area contributed by atoms with Crippen LogP contribution in [0.5, 0.6) is 0 Å².